The molecule has 7 nitrogen and oxygen atoms in total. The molecule has 3 aromatic rings. The van der Waals surface area contributed by atoms with Crippen molar-refractivity contribution in [3.8, 4) is 22.8 Å². The lowest BCUT2D eigenvalue weighted by Crippen LogP contribution is -2.12. The molecule has 8 heteroatoms. The number of hydrogen-bond donors (Lipinski definition) is 2. The van der Waals surface area contributed by atoms with Crippen LogP contribution in [0.25, 0.3) is 11.3 Å². The van der Waals surface area contributed by atoms with Crippen molar-refractivity contribution in [3.63, 3.8) is 0 Å². The number of H-pyrrole nitrogens is 1. The summed E-state index contributed by atoms with van der Waals surface area (Å²) in [6.45, 7) is 2.29. The molecule has 0 aliphatic rings. The number of nitrogens with one attached hydrogen (secondary N) is 1. The molecule has 0 bridgehead atoms. The van der Waals surface area contributed by atoms with E-state index in [0.29, 0.717) is 34.9 Å². The number of nitrogens with two attached hydrogens (primary N) is 1. The first-order chi connectivity index (χ1) is 12.6. The van der Waals surface area contributed by atoms with Crippen LogP contribution in [0.4, 0.5) is 4.39 Å². The fraction of sp³-hybridized carbons (Fsp3) is 0.167. The van der Waals surface area contributed by atoms with Crippen molar-refractivity contribution in [2.75, 3.05) is 6.61 Å². The van der Waals surface area contributed by atoms with Crippen LogP contribution in [0.5, 0.6) is 11.5 Å². The number of aromatic nitrogens is 3. The van der Waals surface area contributed by atoms with Gasteiger partial charge >= 0.3 is 0 Å². The highest BCUT2D eigenvalue weighted by atomic mass is 19.1. The number of hydrogen-bond acceptors (Lipinski definition) is 5. The Balaban J connectivity index is 1.88. The molecule has 1 heterocycles. The highest BCUT2D eigenvalue weighted by Crippen LogP contribution is 2.33. The Morgan fingerprint density at radius 3 is 2.69 bits per heavy atom. The fourth-order valence-corrected chi connectivity index (χ4v) is 2.42. The quantitative estimate of drug-likeness (QED) is 0.677. The van der Waals surface area contributed by atoms with Gasteiger partial charge in [0.1, 0.15) is 18.1 Å². The van der Waals surface area contributed by atoms with Crippen molar-refractivity contribution in [2.45, 2.75) is 13.5 Å². The van der Waals surface area contributed by atoms with Crippen LogP contribution in [0.15, 0.2) is 42.5 Å². The Morgan fingerprint density at radius 1 is 1.15 bits per heavy atom. The van der Waals surface area contributed by atoms with Crippen LogP contribution in [0.1, 0.15) is 23.0 Å². The van der Waals surface area contributed by atoms with E-state index in [1.54, 1.807) is 36.4 Å². The second kappa shape index (κ2) is 7.64. The van der Waals surface area contributed by atoms with E-state index in [4.69, 9.17) is 15.2 Å². The molecule has 0 aliphatic heterocycles. The van der Waals surface area contributed by atoms with E-state index >= 15 is 0 Å². The number of carbonyl (C=O) groups is 1. The number of halogens is 1. The number of ether oxygens (including phenoxy) is 2. The average molecular weight is 356 g/mol. The number of nitrogens with zero attached hydrogens (tertiary/aromatic N) is 2. The molecule has 2 aromatic carbocycles. The minimum Gasteiger partial charge on any atom is -0.490 e. The molecular formula is C18H17FN4O3. The predicted octanol–water partition coefficient (Wildman–Crippen LogP) is 2.69. The van der Waals surface area contributed by atoms with E-state index in [0.717, 1.165) is 0 Å². The lowest BCUT2D eigenvalue weighted by molar-refractivity contribution is 0.0996. The summed E-state index contributed by atoms with van der Waals surface area (Å²) in [5.41, 5.74) is 6.68. The highest BCUT2D eigenvalue weighted by molar-refractivity contribution is 5.96. The Bertz CT molecular complexity index is 926. The van der Waals surface area contributed by atoms with Crippen LogP contribution in [-0.2, 0) is 6.61 Å². The lowest BCUT2D eigenvalue weighted by Gasteiger charge is -2.13. The number of rotatable bonds is 7. The first kappa shape index (κ1) is 17.4. The van der Waals surface area contributed by atoms with E-state index in [1.807, 2.05) is 6.92 Å². The van der Waals surface area contributed by atoms with Crippen LogP contribution in [-0.4, -0.2) is 27.9 Å². The summed E-state index contributed by atoms with van der Waals surface area (Å²) in [4.78, 5) is 11.4. The molecule has 1 aromatic heterocycles. The topological polar surface area (TPSA) is 103 Å². The van der Waals surface area contributed by atoms with Gasteiger partial charge in [0, 0.05) is 11.1 Å². The van der Waals surface area contributed by atoms with Gasteiger partial charge in [0.2, 0.25) is 0 Å². The van der Waals surface area contributed by atoms with Gasteiger partial charge in [0.25, 0.3) is 5.91 Å². The summed E-state index contributed by atoms with van der Waals surface area (Å²) < 4.78 is 25.0. The molecule has 134 valence electrons. The van der Waals surface area contributed by atoms with Crippen LogP contribution < -0.4 is 15.2 Å². The second-order valence-corrected chi connectivity index (χ2v) is 5.36. The summed E-state index contributed by atoms with van der Waals surface area (Å²) in [6, 6.07) is 11.4. The monoisotopic (exact) mass is 356 g/mol. The molecule has 0 saturated carbocycles. The molecule has 3 rings (SSSR count). The zero-order valence-corrected chi connectivity index (χ0v) is 14.0. The molecular weight excluding hydrogens is 339 g/mol. The third-order valence-corrected chi connectivity index (χ3v) is 3.64. The molecule has 3 N–H and O–H groups in total. The van der Waals surface area contributed by atoms with Crippen molar-refractivity contribution in [3.05, 3.63) is 59.5 Å². The number of amides is 1. The number of carbonyl (C=O) groups excluding carboxylic acids is 1. The molecule has 0 atom stereocenters. The molecule has 0 spiro atoms. The Labute approximate surface area is 148 Å². The van der Waals surface area contributed by atoms with Gasteiger partial charge in [-0.2, -0.15) is 15.4 Å². The molecule has 0 unspecified atom stereocenters. The zero-order valence-electron chi connectivity index (χ0n) is 14.0. The summed E-state index contributed by atoms with van der Waals surface area (Å²) in [5, 5.41) is 10.1. The maximum atomic E-state index is 13.7. The number of primary amides is 1. The van der Waals surface area contributed by atoms with Gasteiger partial charge in [-0.05, 0) is 31.2 Å². The highest BCUT2D eigenvalue weighted by Gasteiger charge is 2.17. The Kier molecular flexibility index (Phi) is 5.12. The van der Waals surface area contributed by atoms with Gasteiger partial charge in [0.05, 0.1) is 6.61 Å². The van der Waals surface area contributed by atoms with Gasteiger partial charge in [-0.1, -0.05) is 18.2 Å². The van der Waals surface area contributed by atoms with Crippen LogP contribution in [0, 0.1) is 5.82 Å². The molecule has 0 aliphatic carbocycles. The average Bonchev–Trinajstić information content (AvgIpc) is 3.12. The molecule has 1 amide bonds. The van der Waals surface area contributed by atoms with E-state index in [-0.39, 0.29) is 18.1 Å². The van der Waals surface area contributed by atoms with Crippen molar-refractivity contribution in [1.82, 2.24) is 15.4 Å². The SMILES string of the molecule is CCOc1cc(-c2n[nH]nc2C(N)=O)ccc1OCc1ccccc1F. The molecule has 0 radical (unpaired) electrons. The van der Waals surface area contributed by atoms with E-state index in [9.17, 15) is 9.18 Å². The van der Waals surface area contributed by atoms with Crippen molar-refractivity contribution >= 4 is 5.91 Å². The van der Waals surface area contributed by atoms with Crippen LogP contribution >= 0.6 is 0 Å². The van der Waals surface area contributed by atoms with Crippen molar-refractivity contribution < 1.29 is 18.7 Å². The first-order valence-electron chi connectivity index (χ1n) is 7.94. The van der Waals surface area contributed by atoms with Gasteiger partial charge in [-0.3, -0.25) is 4.79 Å². The zero-order chi connectivity index (χ0) is 18.5. The standard InChI is InChI=1S/C18H17FN4O3/c1-2-25-15-9-11(16-17(18(20)24)22-23-21-16)7-8-14(15)26-10-12-5-3-4-6-13(12)19/h3-9H,2,10H2,1H3,(H2,20,24)(H,21,22,23). The van der Waals surface area contributed by atoms with Crippen molar-refractivity contribution in [1.29, 1.82) is 0 Å². The summed E-state index contributed by atoms with van der Waals surface area (Å²) in [5.74, 6) is -0.134. The van der Waals surface area contributed by atoms with Gasteiger partial charge in [0.15, 0.2) is 17.2 Å². The maximum Gasteiger partial charge on any atom is 0.271 e. The minimum absolute atomic E-state index is 0.0347. The van der Waals surface area contributed by atoms with Crippen LogP contribution in [0.2, 0.25) is 0 Å². The normalized spacial score (nSPS) is 10.5. The largest absolute Gasteiger partial charge is 0.490 e. The first-order valence-corrected chi connectivity index (χ1v) is 7.94. The summed E-state index contributed by atoms with van der Waals surface area (Å²) in [6.07, 6.45) is 0. The van der Waals surface area contributed by atoms with Gasteiger partial charge in [-0.15, -0.1) is 0 Å². The fourth-order valence-electron chi connectivity index (χ4n) is 2.42. The second-order valence-electron chi connectivity index (χ2n) is 5.36. The molecule has 26 heavy (non-hydrogen) atoms. The summed E-state index contributed by atoms with van der Waals surface area (Å²) in [7, 11) is 0. The number of aromatic amines is 1. The van der Waals surface area contributed by atoms with Crippen LogP contribution in [0.3, 0.4) is 0 Å². The van der Waals surface area contributed by atoms with Crippen molar-refractivity contribution in [2.24, 2.45) is 5.73 Å². The van der Waals surface area contributed by atoms with E-state index in [1.165, 1.54) is 6.07 Å². The number of benzene rings is 2. The lowest BCUT2D eigenvalue weighted by atomic mass is 10.1. The smallest absolute Gasteiger partial charge is 0.271 e. The maximum absolute atomic E-state index is 13.7. The minimum atomic E-state index is -0.688. The van der Waals surface area contributed by atoms with E-state index in [2.05, 4.69) is 15.4 Å². The Morgan fingerprint density at radius 2 is 1.96 bits per heavy atom. The van der Waals surface area contributed by atoms with Gasteiger partial charge in [-0.25, -0.2) is 4.39 Å². The summed E-state index contributed by atoms with van der Waals surface area (Å²) >= 11 is 0. The third kappa shape index (κ3) is 3.64. The molecule has 0 fully saturated rings. The third-order valence-electron chi connectivity index (χ3n) is 3.64. The predicted molar refractivity (Wildman–Crippen MR) is 92.2 cm³/mol. The molecule has 0 saturated heterocycles. The Hall–Kier alpha value is -3.42. The van der Waals surface area contributed by atoms with E-state index < -0.39 is 5.91 Å². The van der Waals surface area contributed by atoms with Gasteiger partial charge < -0.3 is 15.2 Å².